The zero-order valence-corrected chi connectivity index (χ0v) is 17.3. The van der Waals surface area contributed by atoms with Gasteiger partial charge in [0.1, 0.15) is 5.76 Å². The van der Waals surface area contributed by atoms with E-state index < -0.39 is 10.0 Å². The highest BCUT2D eigenvalue weighted by Gasteiger charge is 2.30. The van der Waals surface area contributed by atoms with Crippen LogP contribution in [0.15, 0.2) is 51.9 Å². The lowest BCUT2D eigenvalue weighted by Gasteiger charge is -2.34. The summed E-state index contributed by atoms with van der Waals surface area (Å²) >= 11 is 0. The quantitative estimate of drug-likeness (QED) is 0.656. The number of amides is 1. The third-order valence-electron chi connectivity index (χ3n) is 5.46. The summed E-state index contributed by atoms with van der Waals surface area (Å²) in [6.45, 7) is 4.90. The molecule has 0 unspecified atom stereocenters. The normalized spacial score (nSPS) is 15.7. The van der Waals surface area contributed by atoms with E-state index in [4.69, 9.17) is 4.52 Å². The van der Waals surface area contributed by atoms with Gasteiger partial charge in [-0.15, -0.1) is 0 Å². The molecule has 0 bridgehead atoms. The molecule has 8 heteroatoms. The minimum atomic E-state index is -3.60. The molecule has 1 aliphatic rings. The summed E-state index contributed by atoms with van der Waals surface area (Å²) < 4.78 is 32.7. The molecule has 2 heterocycles. The van der Waals surface area contributed by atoms with Crippen molar-refractivity contribution in [2.45, 2.75) is 25.2 Å². The van der Waals surface area contributed by atoms with Crippen molar-refractivity contribution in [3.8, 4) is 0 Å². The zero-order chi connectivity index (χ0) is 20.6. The number of rotatable bonds is 4. The van der Waals surface area contributed by atoms with Crippen molar-refractivity contribution in [2.75, 3.05) is 26.2 Å². The van der Waals surface area contributed by atoms with Crippen LogP contribution in [0.4, 0.5) is 0 Å². The van der Waals surface area contributed by atoms with Gasteiger partial charge in [0, 0.05) is 31.7 Å². The highest BCUT2D eigenvalue weighted by atomic mass is 32.2. The predicted octanol–water partition coefficient (Wildman–Crippen LogP) is 2.52. The van der Waals surface area contributed by atoms with Crippen molar-refractivity contribution in [3.05, 3.63) is 59.5 Å². The molecule has 1 saturated heterocycles. The van der Waals surface area contributed by atoms with Crippen LogP contribution in [0.3, 0.4) is 0 Å². The number of hydrogen-bond donors (Lipinski definition) is 0. The number of sulfonamides is 1. The summed E-state index contributed by atoms with van der Waals surface area (Å²) in [4.78, 5) is 14.6. The molecule has 1 amide bonds. The maximum Gasteiger partial charge on any atom is 0.243 e. The first-order valence-corrected chi connectivity index (χ1v) is 11.0. The van der Waals surface area contributed by atoms with Crippen molar-refractivity contribution >= 4 is 26.7 Å². The van der Waals surface area contributed by atoms with Crippen LogP contribution in [0.2, 0.25) is 0 Å². The first kappa shape index (κ1) is 19.6. The summed E-state index contributed by atoms with van der Waals surface area (Å²) in [5, 5.41) is 5.77. The SMILES string of the molecule is Cc1noc(C)c1CC(=O)N1CCN(S(=O)(=O)c2ccc3ccccc3c2)CC1. The van der Waals surface area contributed by atoms with Gasteiger partial charge in [-0.25, -0.2) is 8.42 Å². The van der Waals surface area contributed by atoms with Crippen molar-refractivity contribution < 1.29 is 17.7 Å². The Labute approximate surface area is 169 Å². The zero-order valence-electron chi connectivity index (χ0n) is 16.5. The van der Waals surface area contributed by atoms with Crippen LogP contribution < -0.4 is 0 Å². The Morgan fingerprint density at radius 2 is 1.72 bits per heavy atom. The van der Waals surface area contributed by atoms with Crippen molar-refractivity contribution in [1.82, 2.24) is 14.4 Å². The van der Waals surface area contributed by atoms with Gasteiger partial charge in [0.15, 0.2) is 0 Å². The van der Waals surface area contributed by atoms with Crippen LogP contribution >= 0.6 is 0 Å². The van der Waals surface area contributed by atoms with E-state index in [1.807, 2.05) is 37.3 Å². The molecular formula is C21H23N3O4S. The number of benzene rings is 2. The topological polar surface area (TPSA) is 83.7 Å². The lowest BCUT2D eigenvalue weighted by atomic mass is 10.1. The van der Waals surface area contributed by atoms with Crippen LogP contribution in [0.1, 0.15) is 17.0 Å². The van der Waals surface area contributed by atoms with E-state index in [0.717, 1.165) is 16.3 Å². The molecule has 1 aromatic heterocycles. The standard InChI is InChI=1S/C21H23N3O4S/c1-15-20(16(2)28-22-15)14-21(25)23-9-11-24(12-10-23)29(26,27)19-8-7-17-5-3-4-6-18(17)13-19/h3-8,13H,9-12,14H2,1-2H3. The number of carbonyl (C=O) groups is 1. The van der Waals surface area contributed by atoms with Crippen LogP contribution in [0, 0.1) is 13.8 Å². The number of piperazine rings is 1. The molecule has 7 nitrogen and oxygen atoms in total. The molecule has 0 spiro atoms. The molecule has 1 fully saturated rings. The Morgan fingerprint density at radius 1 is 1.03 bits per heavy atom. The fourth-order valence-corrected chi connectivity index (χ4v) is 5.13. The first-order valence-electron chi connectivity index (χ1n) is 9.55. The van der Waals surface area contributed by atoms with Gasteiger partial charge in [-0.2, -0.15) is 4.31 Å². The average Bonchev–Trinajstić information content (AvgIpc) is 3.05. The van der Waals surface area contributed by atoms with Gasteiger partial charge >= 0.3 is 0 Å². The molecule has 2 aromatic carbocycles. The Hall–Kier alpha value is -2.71. The van der Waals surface area contributed by atoms with Gasteiger partial charge in [0.25, 0.3) is 0 Å². The second-order valence-corrected chi connectivity index (χ2v) is 9.21. The fraction of sp³-hybridized carbons (Fsp3) is 0.333. The Kier molecular flexibility index (Phi) is 5.14. The number of nitrogens with zero attached hydrogens (tertiary/aromatic N) is 3. The average molecular weight is 413 g/mol. The predicted molar refractivity (Wildman–Crippen MR) is 109 cm³/mol. The molecule has 29 heavy (non-hydrogen) atoms. The number of aryl methyl sites for hydroxylation is 2. The number of carbonyl (C=O) groups excluding carboxylic acids is 1. The largest absolute Gasteiger partial charge is 0.361 e. The maximum absolute atomic E-state index is 13.1. The van der Waals surface area contributed by atoms with Gasteiger partial charge in [0.05, 0.1) is 17.0 Å². The van der Waals surface area contributed by atoms with E-state index in [9.17, 15) is 13.2 Å². The third kappa shape index (κ3) is 3.77. The minimum Gasteiger partial charge on any atom is -0.361 e. The molecular weight excluding hydrogens is 390 g/mol. The second kappa shape index (κ2) is 7.61. The van der Waals surface area contributed by atoms with Gasteiger partial charge < -0.3 is 9.42 Å². The molecule has 1 aliphatic heterocycles. The van der Waals surface area contributed by atoms with Crippen LogP contribution in [0.25, 0.3) is 10.8 Å². The third-order valence-corrected chi connectivity index (χ3v) is 7.35. The van der Waals surface area contributed by atoms with E-state index in [2.05, 4.69) is 5.16 Å². The highest BCUT2D eigenvalue weighted by Crippen LogP contribution is 2.23. The van der Waals surface area contributed by atoms with Crippen LogP contribution in [0.5, 0.6) is 0 Å². The molecule has 4 rings (SSSR count). The van der Waals surface area contributed by atoms with Crippen molar-refractivity contribution in [3.63, 3.8) is 0 Å². The molecule has 0 N–H and O–H groups in total. The summed E-state index contributed by atoms with van der Waals surface area (Å²) in [6.07, 6.45) is 0.221. The molecule has 152 valence electrons. The lowest BCUT2D eigenvalue weighted by molar-refractivity contribution is -0.131. The highest BCUT2D eigenvalue weighted by molar-refractivity contribution is 7.89. The van der Waals surface area contributed by atoms with E-state index in [-0.39, 0.29) is 30.3 Å². The summed E-state index contributed by atoms with van der Waals surface area (Å²) in [5.74, 6) is 0.607. The van der Waals surface area contributed by atoms with E-state index in [0.29, 0.717) is 24.5 Å². The number of aromatic nitrogens is 1. The fourth-order valence-electron chi connectivity index (χ4n) is 3.67. The molecule has 3 aromatic rings. The van der Waals surface area contributed by atoms with Gasteiger partial charge in [-0.05, 0) is 36.8 Å². The Bertz CT molecular complexity index is 1140. The van der Waals surface area contributed by atoms with Gasteiger partial charge in [-0.1, -0.05) is 35.5 Å². The van der Waals surface area contributed by atoms with Crippen molar-refractivity contribution in [2.24, 2.45) is 0 Å². The van der Waals surface area contributed by atoms with Gasteiger partial charge in [0.2, 0.25) is 15.9 Å². The van der Waals surface area contributed by atoms with E-state index in [1.54, 1.807) is 24.0 Å². The molecule has 0 atom stereocenters. The number of fused-ring (bicyclic) bond motifs is 1. The molecule has 0 saturated carbocycles. The monoisotopic (exact) mass is 413 g/mol. The van der Waals surface area contributed by atoms with Crippen LogP contribution in [-0.2, 0) is 21.2 Å². The lowest BCUT2D eigenvalue weighted by Crippen LogP contribution is -2.50. The molecule has 0 radical (unpaired) electrons. The smallest absolute Gasteiger partial charge is 0.243 e. The van der Waals surface area contributed by atoms with Gasteiger partial charge in [-0.3, -0.25) is 4.79 Å². The van der Waals surface area contributed by atoms with E-state index in [1.165, 1.54) is 4.31 Å². The van der Waals surface area contributed by atoms with Crippen LogP contribution in [-0.4, -0.2) is 54.9 Å². The summed E-state index contributed by atoms with van der Waals surface area (Å²) in [5.41, 5.74) is 1.52. The second-order valence-electron chi connectivity index (χ2n) is 7.27. The summed E-state index contributed by atoms with van der Waals surface area (Å²) in [6, 6.07) is 12.9. The number of hydrogen-bond acceptors (Lipinski definition) is 5. The van der Waals surface area contributed by atoms with E-state index >= 15 is 0 Å². The molecule has 0 aliphatic carbocycles. The minimum absolute atomic E-state index is 0.0397. The Morgan fingerprint density at radius 3 is 2.38 bits per heavy atom. The first-order chi connectivity index (χ1) is 13.9. The Balaban J connectivity index is 1.44. The maximum atomic E-state index is 13.1. The summed E-state index contributed by atoms with van der Waals surface area (Å²) in [7, 11) is -3.60. The van der Waals surface area contributed by atoms with Crippen molar-refractivity contribution in [1.29, 1.82) is 0 Å².